The van der Waals surface area contributed by atoms with Crippen LogP contribution in [-0.4, -0.2) is 33.5 Å². The van der Waals surface area contributed by atoms with Crippen molar-refractivity contribution in [2.24, 2.45) is 5.92 Å². The Morgan fingerprint density at radius 3 is 1.47 bits per heavy atom. The fourth-order valence-corrected chi connectivity index (χ4v) is 6.25. The van der Waals surface area contributed by atoms with Gasteiger partial charge in [0.15, 0.2) is 0 Å². The maximum Gasteiger partial charge on any atom is 0.307 e. The van der Waals surface area contributed by atoms with Crippen LogP contribution in [0.4, 0.5) is 0 Å². The summed E-state index contributed by atoms with van der Waals surface area (Å²) in [5.74, 6) is 0.273. The molecule has 3 atom stereocenters. The van der Waals surface area contributed by atoms with Gasteiger partial charge < -0.3 is 4.74 Å². The monoisotopic (exact) mass is 604 g/mol. The second kappa shape index (κ2) is 16.5. The number of nitrogens with zero attached hydrogens (tertiary/aromatic N) is 2. The molecule has 0 aliphatic heterocycles. The van der Waals surface area contributed by atoms with E-state index in [1.54, 1.807) is 0 Å². The maximum absolute atomic E-state index is 13.8. The molecule has 0 fully saturated rings. The third kappa shape index (κ3) is 11.0. The van der Waals surface area contributed by atoms with Gasteiger partial charge in [0.2, 0.25) is 0 Å². The summed E-state index contributed by atoms with van der Waals surface area (Å²) in [7, 11) is 0. The largest absolute Gasteiger partial charge is 0.460 e. The third-order valence-electron chi connectivity index (χ3n) is 8.29. The summed E-state index contributed by atoms with van der Waals surface area (Å²) in [6.07, 6.45) is 1.25. The summed E-state index contributed by atoms with van der Waals surface area (Å²) < 4.78 is 6.04. The van der Waals surface area contributed by atoms with Gasteiger partial charge in [-0.15, -0.1) is 0 Å². The van der Waals surface area contributed by atoms with Crippen LogP contribution in [0.1, 0.15) is 82.7 Å². The highest BCUT2D eigenvalue weighted by Crippen LogP contribution is 2.33. The normalized spacial score (nSPS) is 14.0. The molecule has 0 N–H and O–H groups in total. The van der Waals surface area contributed by atoms with Crippen molar-refractivity contribution >= 4 is 5.97 Å². The lowest BCUT2D eigenvalue weighted by molar-refractivity contribution is -0.157. The number of hydrogen-bond acceptors (Lipinski definition) is 4. The Balaban J connectivity index is 1.86. The van der Waals surface area contributed by atoms with Crippen LogP contribution in [-0.2, 0) is 29.2 Å². The molecule has 0 spiro atoms. The number of carbonyl (C=O) groups is 1. The van der Waals surface area contributed by atoms with Crippen molar-refractivity contribution in [2.75, 3.05) is 0 Å². The maximum atomic E-state index is 13.8. The highest BCUT2D eigenvalue weighted by atomic mass is 16.6. The van der Waals surface area contributed by atoms with Gasteiger partial charge >= 0.3 is 5.97 Å². The zero-order chi connectivity index (χ0) is 32.2. The Labute approximate surface area is 272 Å². The van der Waals surface area contributed by atoms with Crippen molar-refractivity contribution in [3.8, 4) is 0 Å². The Morgan fingerprint density at radius 1 is 0.622 bits per heavy atom. The summed E-state index contributed by atoms with van der Waals surface area (Å²) >= 11 is 0. The van der Waals surface area contributed by atoms with E-state index in [1.165, 1.54) is 22.3 Å². The first-order valence-electron chi connectivity index (χ1n) is 16.5. The molecule has 0 aliphatic carbocycles. The Morgan fingerprint density at radius 2 is 1.04 bits per heavy atom. The Hall–Kier alpha value is -3.73. The van der Waals surface area contributed by atoms with E-state index in [-0.39, 0.29) is 24.1 Å². The van der Waals surface area contributed by atoms with Crippen LogP contribution < -0.4 is 0 Å². The van der Waals surface area contributed by atoms with Crippen molar-refractivity contribution in [1.82, 2.24) is 9.80 Å². The predicted octanol–water partition coefficient (Wildman–Crippen LogP) is 9.47. The van der Waals surface area contributed by atoms with Gasteiger partial charge in [0.1, 0.15) is 5.60 Å². The van der Waals surface area contributed by atoms with Crippen LogP contribution in [0.25, 0.3) is 0 Å². The van der Waals surface area contributed by atoms with Gasteiger partial charge in [-0.05, 0) is 62.3 Å². The van der Waals surface area contributed by atoms with Crippen LogP contribution in [0.3, 0.4) is 0 Å². The Kier molecular flexibility index (Phi) is 12.6. The van der Waals surface area contributed by atoms with Gasteiger partial charge in [0.25, 0.3) is 0 Å². The molecule has 0 amide bonds. The molecule has 4 rings (SSSR count). The van der Waals surface area contributed by atoms with Crippen LogP contribution in [0, 0.1) is 5.92 Å². The molecule has 0 heterocycles. The molecule has 4 aromatic rings. The molecule has 0 saturated heterocycles. The minimum Gasteiger partial charge on any atom is -0.460 e. The van der Waals surface area contributed by atoms with Crippen molar-refractivity contribution in [1.29, 1.82) is 0 Å². The van der Waals surface area contributed by atoms with Crippen molar-refractivity contribution < 1.29 is 9.53 Å². The number of rotatable bonds is 15. The van der Waals surface area contributed by atoms with E-state index in [4.69, 9.17) is 4.74 Å². The average Bonchev–Trinajstić information content (AvgIpc) is 3.02. The smallest absolute Gasteiger partial charge is 0.307 e. The van der Waals surface area contributed by atoms with E-state index < -0.39 is 5.60 Å². The number of carbonyl (C=O) groups excluding carboxylic acids is 1. The zero-order valence-electron chi connectivity index (χ0n) is 28.1. The second-order valence-electron chi connectivity index (χ2n) is 13.7. The molecule has 0 bridgehead atoms. The fraction of sp³-hybridized carbons (Fsp3) is 0.390. The molecule has 4 nitrogen and oxygen atoms in total. The van der Waals surface area contributed by atoms with E-state index in [0.29, 0.717) is 12.3 Å². The van der Waals surface area contributed by atoms with Crippen molar-refractivity contribution in [3.05, 3.63) is 144 Å². The molecule has 4 heteroatoms. The van der Waals surface area contributed by atoms with E-state index in [1.807, 2.05) is 20.8 Å². The fourth-order valence-electron chi connectivity index (χ4n) is 6.25. The predicted molar refractivity (Wildman–Crippen MR) is 186 cm³/mol. The van der Waals surface area contributed by atoms with Gasteiger partial charge in [-0.1, -0.05) is 135 Å². The van der Waals surface area contributed by atoms with Gasteiger partial charge in [0.05, 0.1) is 6.42 Å². The molecule has 238 valence electrons. The van der Waals surface area contributed by atoms with E-state index >= 15 is 0 Å². The molecular formula is C41H52N2O2. The van der Waals surface area contributed by atoms with Crippen LogP contribution in [0.5, 0.6) is 0 Å². The molecule has 45 heavy (non-hydrogen) atoms. The highest BCUT2D eigenvalue weighted by Gasteiger charge is 2.38. The summed E-state index contributed by atoms with van der Waals surface area (Å²) in [5, 5.41) is 0. The third-order valence-corrected chi connectivity index (χ3v) is 8.29. The summed E-state index contributed by atoms with van der Waals surface area (Å²) in [5.41, 5.74) is 4.45. The topological polar surface area (TPSA) is 32.8 Å². The molecule has 0 aliphatic rings. The van der Waals surface area contributed by atoms with E-state index in [9.17, 15) is 4.79 Å². The number of hydrogen-bond donors (Lipinski definition) is 0. The standard InChI is InChI=1S/C41H52N2O2/c1-32(2)27-38(42(29-34-19-11-7-12-20-34)30-35-21-13-8-14-22-35)39(28-40(44)45-41(4,5)6)43(31-36-23-15-9-16-24-36)33(3)37-25-17-10-18-26-37/h7-26,32-33,38-39H,27-31H2,1-6H3/t33-,38+,39+/m1/s1. The van der Waals surface area contributed by atoms with E-state index in [0.717, 1.165) is 26.1 Å². The second-order valence-corrected chi connectivity index (χ2v) is 13.7. The first kappa shape index (κ1) is 34.1. The lowest BCUT2D eigenvalue weighted by Crippen LogP contribution is -2.53. The SMILES string of the molecule is CC(C)C[C@@H]([C@H](CC(=O)OC(C)(C)C)N(Cc1ccccc1)[C@H](C)c1ccccc1)N(Cc1ccccc1)Cc1ccccc1. The molecule has 0 aromatic heterocycles. The Bertz CT molecular complexity index is 1360. The molecule has 4 aromatic carbocycles. The highest BCUT2D eigenvalue weighted by molar-refractivity contribution is 5.70. The molecular weight excluding hydrogens is 552 g/mol. The van der Waals surface area contributed by atoms with Crippen LogP contribution >= 0.6 is 0 Å². The van der Waals surface area contributed by atoms with Gasteiger partial charge in [-0.3, -0.25) is 14.6 Å². The van der Waals surface area contributed by atoms with Crippen LogP contribution in [0.15, 0.2) is 121 Å². The quantitative estimate of drug-likeness (QED) is 0.127. The lowest BCUT2D eigenvalue weighted by atomic mass is 9.89. The van der Waals surface area contributed by atoms with Gasteiger partial charge in [-0.25, -0.2) is 0 Å². The van der Waals surface area contributed by atoms with Gasteiger partial charge in [0, 0.05) is 37.8 Å². The van der Waals surface area contributed by atoms with E-state index in [2.05, 4.69) is 152 Å². The molecule has 0 radical (unpaired) electrons. The summed E-state index contributed by atoms with van der Waals surface area (Å²) in [6.45, 7) is 15.0. The summed E-state index contributed by atoms with van der Waals surface area (Å²) in [6, 6.07) is 42.8. The zero-order valence-corrected chi connectivity index (χ0v) is 28.1. The van der Waals surface area contributed by atoms with Crippen molar-refractivity contribution in [3.63, 3.8) is 0 Å². The minimum atomic E-state index is -0.557. The molecule has 0 saturated carbocycles. The first-order chi connectivity index (χ1) is 21.6. The first-order valence-corrected chi connectivity index (χ1v) is 16.5. The number of ether oxygens (including phenoxy) is 1. The number of benzene rings is 4. The minimum absolute atomic E-state index is 0.0730. The van der Waals surface area contributed by atoms with Crippen LogP contribution in [0.2, 0.25) is 0 Å². The average molecular weight is 605 g/mol. The van der Waals surface area contributed by atoms with Crippen molar-refractivity contribution in [2.45, 2.75) is 97.7 Å². The number of esters is 1. The lowest BCUT2D eigenvalue weighted by Gasteiger charge is -2.46. The summed E-state index contributed by atoms with van der Waals surface area (Å²) in [4.78, 5) is 19.0. The van der Waals surface area contributed by atoms with Gasteiger partial charge in [-0.2, -0.15) is 0 Å². The molecule has 0 unspecified atom stereocenters.